The highest BCUT2D eigenvalue weighted by Gasteiger charge is 2.50. The zero-order valence-corrected chi connectivity index (χ0v) is 17.8. The highest BCUT2D eigenvalue weighted by molar-refractivity contribution is 6.07. The average Bonchev–Trinajstić information content (AvgIpc) is 2.86. The largest absolute Gasteiger partial charge is 0.451 e. The summed E-state index contributed by atoms with van der Waals surface area (Å²) in [6, 6.07) is 3.72. The van der Waals surface area contributed by atoms with Crippen LogP contribution in [0.2, 0.25) is 0 Å². The van der Waals surface area contributed by atoms with Gasteiger partial charge < -0.3 is 14.5 Å². The highest BCUT2D eigenvalue weighted by Crippen LogP contribution is 2.42. The Bertz CT molecular complexity index is 940. The Hall–Kier alpha value is -2.35. The lowest BCUT2D eigenvalue weighted by Gasteiger charge is -2.35. The van der Waals surface area contributed by atoms with Crippen molar-refractivity contribution in [3.8, 4) is 0 Å². The minimum atomic E-state index is -4.43. The lowest BCUT2D eigenvalue weighted by atomic mass is 9.84. The quantitative estimate of drug-likeness (QED) is 0.664. The van der Waals surface area contributed by atoms with Crippen LogP contribution in [0, 0.1) is 0 Å². The zero-order chi connectivity index (χ0) is 22.4. The molecule has 168 valence electrons. The molecular formula is C23H27F3N2O3. The second kappa shape index (κ2) is 7.97. The maximum Gasteiger partial charge on any atom is 0.416 e. The molecule has 1 aromatic carbocycles. The lowest BCUT2D eigenvalue weighted by Crippen LogP contribution is -2.44. The monoisotopic (exact) mass is 436 g/mol. The predicted molar refractivity (Wildman–Crippen MR) is 108 cm³/mol. The first kappa shape index (κ1) is 21.9. The van der Waals surface area contributed by atoms with Crippen LogP contribution in [0.4, 0.5) is 13.2 Å². The summed E-state index contributed by atoms with van der Waals surface area (Å²) < 4.78 is 45.2. The van der Waals surface area contributed by atoms with E-state index in [-0.39, 0.29) is 12.5 Å². The van der Waals surface area contributed by atoms with Crippen LogP contribution in [-0.2, 0) is 33.5 Å². The molecule has 0 bridgehead atoms. The number of ether oxygens (including phenoxy) is 1. The molecule has 8 heteroatoms. The SMILES string of the molecule is CCN1CCCC2(CC1)OC(=O)C(C)=C2C(=O)N1CCc2ccc(C(F)(F)F)cc2C1. The zero-order valence-electron chi connectivity index (χ0n) is 17.8. The Balaban J connectivity index is 1.62. The van der Waals surface area contributed by atoms with E-state index in [1.807, 2.05) is 0 Å². The molecule has 31 heavy (non-hydrogen) atoms. The van der Waals surface area contributed by atoms with Gasteiger partial charge in [0.05, 0.1) is 11.1 Å². The summed E-state index contributed by atoms with van der Waals surface area (Å²) >= 11 is 0. The van der Waals surface area contributed by atoms with Crippen molar-refractivity contribution in [1.82, 2.24) is 9.80 Å². The minimum Gasteiger partial charge on any atom is -0.451 e. The van der Waals surface area contributed by atoms with Gasteiger partial charge in [-0.3, -0.25) is 4.79 Å². The number of carbonyl (C=O) groups is 2. The van der Waals surface area contributed by atoms with Crippen molar-refractivity contribution in [3.05, 3.63) is 46.0 Å². The van der Waals surface area contributed by atoms with Crippen LogP contribution in [0.5, 0.6) is 0 Å². The summed E-state index contributed by atoms with van der Waals surface area (Å²) in [6.45, 7) is 6.69. The molecule has 1 amide bonds. The van der Waals surface area contributed by atoms with E-state index >= 15 is 0 Å². The van der Waals surface area contributed by atoms with Crippen molar-refractivity contribution >= 4 is 11.9 Å². The topological polar surface area (TPSA) is 49.9 Å². The van der Waals surface area contributed by atoms with E-state index in [4.69, 9.17) is 4.74 Å². The molecule has 0 aliphatic carbocycles. The van der Waals surface area contributed by atoms with Crippen LogP contribution >= 0.6 is 0 Å². The van der Waals surface area contributed by atoms with Gasteiger partial charge in [-0.25, -0.2) is 4.79 Å². The van der Waals surface area contributed by atoms with Gasteiger partial charge in [-0.15, -0.1) is 0 Å². The number of fused-ring (bicyclic) bond motifs is 1. The van der Waals surface area contributed by atoms with Gasteiger partial charge >= 0.3 is 12.1 Å². The Morgan fingerprint density at radius 1 is 1.16 bits per heavy atom. The summed E-state index contributed by atoms with van der Waals surface area (Å²) in [7, 11) is 0. The number of amides is 1. The van der Waals surface area contributed by atoms with E-state index in [1.165, 1.54) is 6.07 Å². The summed E-state index contributed by atoms with van der Waals surface area (Å²) in [5.41, 5.74) is 0.399. The maximum atomic E-state index is 13.6. The van der Waals surface area contributed by atoms with Crippen molar-refractivity contribution in [2.24, 2.45) is 0 Å². The van der Waals surface area contributed by atoms with Crippen LogP contribution < -0.4 is 0 Å². The van der Waals surface area contributed by atoms with Crippen molar-refractivity contribution in [2.75, 3.05) is 26.2 Å². The number of halogens is 3. The maximum absolute atomic E-state index is 13.6. The van der Waals surface area contributed by atoms with E-state index < -0.39 is 23.3 Å². The molecule has 1 fully saturated rings. The van der Waals surface area contributed by atoms with Crippen LogP contribution in [0.1, 0.15) is 49.8 Å². The van der Waals surface area contributed by atoms with Gasteiger partial charge in [-0.05, 0) is 62.5 Å². The molecule has 3 heterocycles. The smallest absolute Gasteiger partial charge is 0.416 e. The van der Waals surface area contributed by atoms with E-state index in [0.717, 1.165) is 43.8 Å². The Morgan fingerprint density at radius 3 is 2.65 bits per heavy atom. The fraction of sp³-hybridized carbons (Fsp3) is 0.565. The summed E-state index contributed by atoms with van der Waals surface area (Å²) in [5.74, 6) is -0.763. The number of likely N-dealkylation sites (tertiary alicyclic amines) is 1. The predicted octanol–water partition coefficient (Wildman–Crippen LogP) is 3.71. The minimum absolute atomic E-state index is 0.0974. The number of alkyl halides is 3. The van der Waals surface area contributed by atoms with E-state index in [1.54, 1.807) is 11.8 Å². The molecule has 5 nitrogen and oxygen atoms in total. The van der Waals surface area contributed by atoms with Gasteiger partial charge in [0.15, 0.2) is 0 Å². The fourth-order valence-electron chi connectivity index (χ4n) is 5.00. The highest BCUT2D eigenvalue weighted by atomic mass is 19.4. The summed E-state index contributed by atoms with van der Waals surface area (Å²) in [4.78, 5) is 29.9. The Labute approximate surface area is 179 Å². The summed E-state index contributed by atoms with van der Waals surface area (Å²) in [6.07, 6.45) is -2.01. The second-order valence-corrected chi connectivity index (χ2v) is 8.63. The Morgan fingerprint density at radius 2 is 1.94 bits per heavy atom. The molecule has 0 N–H and O–H groups in total. The van der Waals surface area contributed by atoms with Gasteiger partial charge in [-0.2, -0.15) is 13.2 Å². The average molecular weight is 436 g/mol. The molecule has 1 unspecified atom stereocenters. The molecule has 3 aliphatic heterocycles. The van der Waals surface area contributed by atoms with Crippen molar-refractivity contribution in [1.29, 1.82) is 0 Å². The second-order valence-electron chi connectivity index (χ2n) is 8.63. The molecule has 0 radical (unpaired) electrons. The molecule has 1 spiro atoms. The number of benzene rings is 1. The van der Waals surface area contributed by atoms with E-state index in [9.17, 15) is 22.8 Å². The molecule has 1 aromatic rings. The molecule has 3 aliphatic rings. The standard InChI is InChI=1S/C23H27F3N2O3/c1-3-27-10-4-8-22(9-12-27)19(15(2)21(30)31-22)20(29)28-11-7-16-5-6-18(23(24,25)26)13-17(16)14-28/h5-6,13H,3-4,7-12,14H2,1-2H3. The number of rotatable bonds is 2. The number of hydrogen-bond donors (Lipinski definition) is 0. The van der Waals surface area contributed by atoms with Gasteiger partial charge in [0.2, 0.25) is 0 Å². The van der Waals surface area contributed by atoms with Crippen LogP contribution in [0.15, 0.2) is 29.3 Å². The molecule has 0 saturated carbocycles. The summed E-state index contributed by atoms with van der Waals surface area (Å²) in [5, 5.41) is 0. The van der Waals surface area contributed by atoms with Gasteiger partial charge in [0.1, 0.15) is 5.60 Å². The van der Waals surface area contributed by atoms with Crippen molar-refractivity contribution in [2.45, 2.75) is 57.9 Å². The molecule has 1 saturated heterocycles. The molecule has 0 aromatic heterocycles. The van der Waals surface area contributed by atoms with Gasteiger partial charge in [-0.1, -0.05) is 13.0 Å². The van der Waals surface area contributed by atoms with Crippen LogP contribution in [0.25, 0.3) is 0 Å². The van der Waals surface area contributed by atoms with Gasteiger partial charge in [0, 0.05) is 31.6 Å². The van der Waals surface area contributed by atoms with Crippen molar-refractivity contribution in [3.63, 3.8) is 0 Å². The van der Waals surface area contributed by atoms with E-state index in [0.29, 0.717) is 42.5 Å². The third-order valence-electron chi connectivity index (χ3n) is 6.81. The normalized spacial score (nSPS) is 24.9. The van der Waals surface area contributed by atoms with Crippen LogP contribution in [0.3, 0.4) is 0 Å². The first-order valence-electron chi connectivity index (χ1n) is 10.8. The Kier molecular flexibility index (Phi) is 5.62. The molecule has 4 rings (SSSR count). The first-order valence-corrected chi connectivity index (χ1v) is 10.8. The van der Waals surface area contributed by atoms with E-state index in [2.05, 4.69) is 11.8 Å². The third-order valence-corrected chi connectivity index (χ3v) is 6.81. The number of carbonyl (C=O) groups excluding carboxylic acids is 2. The fourth-order valence-corrected chi connectivity index (χ4v) is 5.00. The van der Waals surface area contributed by atoms with Gasteiger partial charge in [0.25, 0.3) is 5.91 Å². The number of hydrogen-bond acceptors (Lipinski definition) is 4. The number of nitrogens with zero attached hydrogens (tertiary/aromatic N) is 2. The number of esters is 1. The van der Waals surface area contributed by atoms with Crippen LogP contribution in [-0.4, -0.2) is 53.5 Å². The van der Waals surface area contributed by atoms with Crippen molar-refractivity contribution < 1.29 is 27.5 Å². The molecule has 1 atom stereocenters. The first-order chi connectivity index (χ1) is 14.6. The molecular weight excluding hydrogens is 409 g/mol. The third kappa shape index (κ3) is 3.97. The lowest BCUT2D eigenvalue weighted by molar-refractivity contribution is -0.148.